The number of hydrogen-bond acceptors (Lipinski definition) is 2. The molecule has 0 unspecified atom stereocenters. The standard InChI is InChI=1S/C21H24N2O/c1-15(9-10-17-7-5-4-6-8-17)22-21-13-16(2)23-20-12-11-18(24-3)14-19(20)21/h4-8,11-15H,9-10H2,1-3H3,(H,22,23)/p+1/t15-/m0/s1. The fraction of sp³-hybridized carbons (Fsp3) is 0.286. The number of hydrogen-bond donors (Lipinski definition) is 1. The molecule has 124 valence electrons. The van der Waals surface area contributed by atoms with Crippen molar-refractivity contribution in [3.8, 4) is 5.75 Å². The predicted molar refractivity (Wildman–Crippen MR) is 99.6 cm³/mol. The summed E-state index contributed by atoms with van der Waals surface area (Å²) in [5, 5.41) is 4.83. The van der Waals surface area contributed by atoms with Gasteiger partial charge in [-0.2, -0.15) is 0 Å². The fourth-order valence-electron chi connectivity index (χ4n) is 3.01. The van der Waals surface area contributed by atoms with E-state index in [-0.39, 0.29) is 0 Å². The summed E-state index contributed by atoms with van der Waals surface area (Å²) in [4.78, 5) is 3.42. The van der Waals surface area contributed by atoms with Gasteiger partial charge in [0.2, 0.25) is 5.52 Å². The number of aromatic nitrogens is 1. The van der Waals surface area contributed by atoms with Crippen LogP contribution >= 0.6 is 0 Å². The van der Waals surface area contributed by atoms with E-state index in [4.69, 9.17) is 4.74 Å². The monoisotopic (exact) mass is 321 g/mol. The molecule has 2 N–H and O–H groups in total. The van der Waals surface area contributed by atoms with Crippen molar-refractivity contribution in [3.63, 3.8) is 0 Å². The number of methoxy groups -OCH3 is 1. The highest BCUT2D eigenvalue weighted by atomic mass is 16.5. The Morgan fingerprint density at radius 2 is 1.88 bits per heavy atom. The van der Waals surface area contributed by atoms with Gasteiger partial charge in [0.1, 0.15) is 5.75 Å². The number of H-pyrrole nitrogens is 1. The summed E-state index contributed by atoms with van der Waals surface area (Å²) in [5.74, 6) is 0.875. The molecule has 0 radical (unpaired) electrons. The number of aromatic amines is 1. The zero-order chi connectivity index (χ0) is 16.9. The second kappa shape index (κ2) is 7.35. The summed E-state index contributed by atoms with van der Waals surface area (Å²) in [6, 6.07) is 19.3. The summed E-state index contributed by atoms with van der Waals surface area (Å²) >= 11 is 0. The minimum atomic E-state index is 0.390. The van der Waals surface area contributed by atoms with Gasteiger partial charge >= 0.3 is 0 Å². The molecule has 3 rings (SSSR count). The van der Waals surface area contributed by atoms with Crippen molar-refractivity contribution in [2.75, 3.05) is 12.4 Å². The van der Waals surface area contributed by atoms with Crippen molar-refractivity contribution < 1.29 is 9.72 Å². The first kappa shape index (κ1) is 16.3. The number of pyridine rings is 1. The first-order valence-electron chi connectivity index (χ1n) is 8.47. The quantitative estimate of drug-likeness (QED) is 0.730. The van der Waals surface area contributed by atoms with Gasteiger partial charge < -0.3 is 10.1 Å². The van der Waals surface area contributed by atoms with Gasteiger partial charge in [-0.25, -0.2) is 4.98 Å². The number of nitrogens with one attached hydrogen (secondary N) is 2. The van der Waals surface area contributed by atoms with Crippen LogP contribution in [0.5, 0.6) is 5.75 Å². The number of ether oxygens (including phenoxy) is 1. The molecule has 0 saturated carbocycles. The second-order valence-corrected chi connectivity index (χ2v) is 6.35. The second-order valence-electron chi connectivity index (χ2n) is 6.35. The fourth-order valence-corrected chi connectivity index (χ4v) is 3.01. The Kier molecular flexibility index (Phi) is 4.99. The van der Waals surface area contributed by atoms with Gasteiger partial charge in [-0.3, -0.25) is 0 Å². The first-order valence-corrected chi connectivity index (χ1v) is 8.47. The SMILES string of the molecule is COc1ccc2[nH+]c(C)cc(N[C@@H](C)CCc3ccccc3)c2c1. The van der Waals surface area contributed by atoms with Crippen molar-refractivity contribution in [2.24, 2.45) is 0 Å². The number of aryl methyl sites for hydroxylation is 2. The minimum absolute atomic E-state index is 0.390. The van der Waals surface area contributed by atoms with Gasteiger partial charge in [-0.1, -0.05) is 30.3 Å². The Hall–Kier alpha value is -2.55. The van der Waals surface area contributed by atoms with E-state index in [2.05, 4.69) is 72.7 Å². The summed E-state index contributed by atoms with van der Waals surface area (Å²) in [7, 11) is 1.70. The third kappa shape index (κ3) is 3.85. The molecule has 1 heterocycles. The van der Waals surface area contributed by atoms with Crippen molar-refractivity contribution in [3.05, 3.63) is 65.9 Å². The molecule has 2 aromatic carbocycles. The third-order valence-corrected chi connectivity index (χ3v) is 4.32. The Balaban J connectivity index is 1.78. The van der Waals surface area contributed by atoms with E-state index in [1.165, 1.54) is 5.56 Å². The zero-order valence-corrected chi connectivity index (χ0v) is 14.6. The van der Waals surface area contributed by atoms with Crippen molar-refractivity contribution in [1.29, 1.82) is 0 Å². The number of anilines is 1. The van der Waals surface area contributed by atoms with Crippen molar-refractivity contribution in [2.45, 2.75) is 32.7 Å². The normalized spacial score (nSPS) is 12.1. The van der Waals surface area contributed by atoms with Crippen LogP contribution in [0.25, 0.3) is 10.9 Å². The van der Waals surface area contributed by atoms with Crippen LogP contribution in [0.3, 0.4) is 0 Å². The van der Waals surface area contributed by atoms with Crippen LogP contribution in [0.1, 0.15) is 24.6 Å². The van der Waals surface area contributed by atoms with Gasteiger partial charge in [0.05, 0.1) is 18.2 Å². The van der Waals surface area contributed by atoms with Crippen molar-refractivity contribution >= 4 is 16.6 Å². The maximum absolute atomic E-state index is 5.38. The van der Waals surface area contributed by atoms with Crippen LogP contribution < -0.4 is 15.0 Å². The average molecular weight is 321 g/mol. The lowest BCUT2D eigenvalue weighted by Gasteiger charge is -2.16. The lowest BCUT2D eigenvalue weighted by atomic mass is 10.1. The van der Waals surface area contributed by atoms with Gasteiger partial charge in [-0.15, -0.1) is 0 Å². The number of benzene rings is 2. The Morgan fingerprint density at radius 1 is 1.08 bits per heavy atom. The molecule has 0 bridgehead atoms. The molecular weight excluding hydrogens is 296 g/mol. The van der Waals surface area contributed by atoms with Crippen LogP contribution in [-0.4, -0.2) is 13.2 Å². The smallest absolute Gasteiger partial charge is 0.213 e. The predicted octanol–water partition coefficient (Wildman–Crippen LogP) is 4.40. The van der Waals surface area contributed by atoms with Gasteiger partial charge in [0.15, 0.2) is 5.69 Å². The molecule has 24 heavy (non-hydrogen) atoms. The molecule has 1 aromatic heterocycles. The van der Waals surface area contributed by atoms with Crippen LogP contribution in [0.4, 0.5) is 5.69 Å². The molecule has 0 aliphatic carbocycles. The summed E-state index contributed by atoms with van der Waals surface area (Å²) in [5.41, 5.74) is 4.80. The molecule has 3 nitrogen and oxygen atoms in total. The van der Waals surface area contributed by atoms with E-state index >= 15 is 0 Å². The van der Waals surface area contributed by atoms with Crippen LogP contribution in [0, 0.1) is 6.92 Å². The van der Waals surface area contributed by atoms with E-state index < -0.39 is 0 Å². The summed E-state index contributed by atoms with van der Waals surface area (Å²) in [6.45, 7) is 4.32. The average Bonchev–Trinajstić information content (AvgIpc) is 2.60. The maximum Gasteiger partial charge on any atom is 0.213 e. The maximum atomic E-state index is 5.38. The zero-order valence-electron chi connectivity index (χ0n) is 14.6. The molecule has 0 spiro atoms. The molecule has 1 atom stereocenters. The van der Waals surface area contributed by atoms with E-state index in [9.17, 15) is 0 Å². The van der Waals surface area contributed by atoms with Crippen LogP contribution in [0.15, 0.2) is 54.6 Å². The topological polar surface area (TPSA) is 35.4 Å². The lowest BCUT2D eigenvalue weighted by Crippen LogP contribution is -2.18. The van der Waals surface area contributed by atoms with Crippen LogP contribution in [-0.2, 0) is 6.42 Å². The highest BCUT2D eigenvalue weighted by Gasteiger charge is 2.12. The lowest BCUT2D eigenvalue weighted by molar-refractivity contribution is -0.354. The molecule has 0 amide bonds. The van der Waals surface area contributed by atoms with Gasteiger partial charge in [0, 0.05) is 25.1 Å². The first-order chi connectivity index (χ1) is 11.7. The summed E-state index contributed by atoms with van der Waals surface area (Å²) in [6.07, 6.45) is 2.17. The van der Waals surface area contributed by atoms with Crippen LogP contribution in [0.2, 0.25) is 0 Å². The number of fused-ring (bicyclic) bond motifs is 1. The number of rotatable bonds is 6. The largest absolute Gasteiger partial charge is 0.497 e. The molecule has 3 heteroatoms. The molecule has 0 aliphatic heterocycles. The van der Waals surface area contributed by atoms with E-state index in [0.29, 0.717) is 6.04 Å². The van der Waals surface area contributed by atoms with Crippen molar-refractivity contribution in [1.82, 2.24) is 0 Å². The summed E-state index contributed by atoms with van der Waals surface area (Å²) < 4.78 is 5.38. The Labute approximate surface area is 143 Å². The van der Waals surface area contributed by atoms with Gasteiger partial charge in [-0.05, 0) is 37.5 Å². The molecule has 3 aromatic rings. The molecular formula is C21H25N2O+. The Bertz CT molecular complexity index is 815. The van der Waals surface area contributed by atoms with E-state index in [1.807, 2.05) is 6.07 Å². The highest BCUT2D eigenvalue weighted by molar-refractivity contribution is 5.90. The van der Waals surface area contributed by atoms with Gasteiger partial charge in [0.25, 0.3) is 0 Å². The van der Waals surface area contributed by atoms with E-state index in [1.54, 1.807) is 7.11 Å². The molecule has 0 aliphatic rings. The molecule has 0 saturated heterocycles. The minimum Gasteiger partial charge on any atom is -0.497 e. The highest BCUT2D eigenvalue weighted by Crippen LogP contribution is 2.26. The Morgan fingerprint density at radius 3 is 2.62 bits per heavy atom. The third-order valence-electron chi connectivity index (χ3n) is 4.32. The van der Waals surface area contributed by atoms with E-state index in [0.717, 1.165) is 40.9 Å². The molecule has 0 fully saturated rings.